The van der Waals surface area contributed by atoms with Crippen LogP contribution in [0.25, 0.3) is 33.3 Å². The molecule has 34 heavy (non-hydrogen) atoms. The quantitative estimate of drug-likeness (QED) is 0.464. The molecule has 1 fully saturated rings. The first-order chi connectivity index (χ1) is 16.7. The van der Waals surface area contributed by atoms with Crippen LogP contribution in [0.3, 0.4) is 0 Å². The maximum Gasteiger partial charge on any atom is 0.255 e. The number of amides is 1. The predicted molar refractivity (Wildman–Crippen MR) is 124 cm³/mol. The molecule has 0 spiro atoms. The van der Waals surface area contributed by atoms with Crippen LogP contribution in [-0.2, 0) is 4.74 Å². The molecule has 1 aliphatic rings. The standard InChI is InChI=1S/C25H20N6O3/c1-33-24-17(11-26)8-18(14-28-24)16-2-3-22-21(10-16)23(30-15-29-22)19-9-20(13-27-12-19)25(32)31-4-6-34-7-5-31/h2-3,8-10,12-15H,4-7H2,1H3. The number of pyridine rings is 2. The zero-order valence-corrected chi connectivity index (χ0v) is 18.4. The lowest BCUT2D eigenvalue weighted by Gasteiger charge is -2.26. The van der Waals surface area contributed by atoms with Crippen LogP contribution in [-0.4, -0.2) is 64.2 Å². The molecule has 5 rings (SSSR count). The minimum absolute atomic E-state index is 0.0787. The monoisotopic (exact) mass is 452 g/mol. The normalized spacial score (nSPS) is 13.5. The van der Waals surface area contributed by atoms with Crippen molar-refractivity contribution in [3.8, 4) is 34.3 Å². The van der Waals surface area contributed by atoms with E-state index < -0.39 is 0 Å². The Balaban J connectivity index is 1.56. The van der Waals surface area contributed by atoms with Crippen LogP contribution in [0.5, 0.6) is 5.88 Å². The van der Waals surface area contributed by atoms with Gasteiger partial charge < -0.3 is 14.4 Å². The zero-order valence-electron chi connectivity index (χ0n) is 18.4. The topological polar surface area (TPSA) is 114 Å². The van der Waals surface area contributed by atoms with Crippen LogP contribution in [0, 0.1) is 11.3 Å². The second-order valence-corrected chi connectivity index (χ2v) is 7.71. The molecule has 0 atom stereocenters. The maximum absolute atomic E-state index is 13.0. The van der Waals surface area contributed by atoms with Crippen LogP contribution >= 0.6 is 0 Å². The molecule has 1 aliphatic heterocycles. The van der Waals surface area contributed by atoms with Crippen LogP contribution in [0.2, 0.25) is 0 Å². The van der Waals surface area contributed by atoms with E-state index in [4.69, 9.17) is 9.47 Å². The molecular weight excluding hydrogens is 432 g/mol. The highest BCUT2D eigenvalue weighted by Crippen LogP contribution is 2.31. The largest absolute Gasteiger partial charge is 0.480 e. The fraction of sp³-hybridized carbons (Fsp3) is 0.200. The Morgan fingerprint density at radius 1 is 1.03 bits per heavy atom. The summed E-state index contributed by atoms with van der Waals surface area (Å²) >= 11 is 0. The lowest BCUT2D eigenvalue weighted by atomic mass is 10.0. The van der Waals surface area contributed by atoms with Gasteiger partial charge in [-0.25, -0.2) is 15.0 Å². The SMILES string of the molecule is COc1ncc(-c2ccc3ncnc(-c4cncc(C(=O)N5CCOCC5)c4)c3c2)cc1C#N. The molecule has 3 aromatic heterocycles. The molecule has 0 saturated carbocycles. The van der Waals surface area contributed by atoms with Gasteiger partial charge >= 0.3 is 0 Å². The highest BCUT2D eigenvalue weighted by atomic mass is 16.5. The Bertz CT molecular complexity index is 1430. The van der Waals surface area contributed by atoms with Gasteiger partial charge in [-0.15, -0.1) is 0 Å². The number of nitriles is 1. The lowest BCUT2D eigenvalue weighted by Crippen LogP contribution is -2.40. The summed E-state index contributed by atoms with van der Waals surface area (Å²) in [5.74, 6) is 0.203. The highest BCUT2D eigenvalue weighted by Gasteiger charge is 2.20. The molecule has 0 N–H and O–H groups in total. The molecule has 1 aromatic carbocycles. The molecule has 4 heterocycles. The minimum atomic E-state index is -0.0787. The third-order valence-electron chi connectivity index (χ3n) is 5.69. The van der Waals surface area contributed by atoms with Gasteiger partial charge in [-0.1, -0.05) is 6.07 Å². The second-order valence-electron chi connectivity index (χ2n) is 7.71. The maximum atomic E-state index is 13.0. The van der Waals surface area contributed by atoms with Gasteiger partial charge in [0, 0.05) is 48.2 Å². The van der Waals surface area contributed by atoms with Crippen molar-refractivity contribution in [3.63, 3.8) is 0 Å². The van der Waals surface area contributed by atoms with Gasteiger partial charge in [0.05, 0.1) is 37.1 Å². The highest BCUT2D eigenvalue weighted by molar-refractivity contribution is 5.98. The van der Waals surface area contributed by atoms with Crippen molar-refractivity contribution < 1.29 is 14.3 Å². The average Bonchev–Trinajstić information content (AvgIpc) is 2.92. The smallest absolute Gasteiger partial charge is 0.255 e. The molecular formula is C25H20N6O3. The fourth-order valence-corrected chi connectivity index (χ4v) is 3.95. The molecule has 4 aromatic rings. The summed E-state index contributed by atoms with van der Waals surface area (Å²) in [6.45, 7) is 2.19. The van der Waals surface area contributed by atoms with E-state index in [2.05, 4.69) is 26.0 Å². The molecule has 168 valence electrons. The van der Waals surface area contributed by atoms with E-state index in [9.17, 15) is 10.1 Å². The molecule has 0 unspecified atom stereocenters. The van der Waals surface area contributed by atoms with Crippen molar-refractivity contribution in [2.75, 3.05) is 33.4 Å². The number of hydrogen-bond donors (Lipinski definition) is 0. The van der Waals surface area contributed by atoms with Crippen molar-refractivity contribution in [3.05, 3.63) is 66.4 Å². The van der Waals surface area contributed by atoms with Gasteiger partial charge in [0.2, 0.25) is 5.88 Å². The van der Waals surface area contributed by atoms with Crippen molar-refractivity contribution in [2.24, 2.45) is 0 Å². The van der Waals surface area contributed by atoms with Gasteiger partial charge in [-0.2, -0.15) is 5.26 Å². The van der Waals surface area contributed by atoms with Crippen molar-refractivity contribution >= 4 is 16.8 Å². The number of benzene rings is 1. The zero-order chi connectivity index (χ0) is 23.5. The van der Waals surface area contributed by atoms with Crippen LogP contribution in [0.1, 0.15) is 15.9 Å². The number of carbonyl (C=O) groups is 1. The Kier molecular flexibility index (Phi) is 5.81. The second kappa shape index (κ2) is 9.21. The van der Waals surface area contributed by atoms with Gasteiger partial charge in [0.25, 0.3) is 5.91 Å². The minimum Gasteiger partial charge on any atom is -0.480 e. The number of nitrogens with zero attached hydrogens (tertiary/aromatic N) is 6. The molecule has 9 nitrogen and oxygen atoms in total. The summed E-state index contributed by atoms with van der Waals surface area (Å²) in [6.07, 6.45) is 6.42. The van der Waals surface area contributed by atoms with E-state index in [1.54, 1.807) is 29.6 Å². The Morgan fingerprint density at radius 3 is 2.68 bits per heavy atom. The van der Waals surface area contributed by atoms with Gasteiger partial charge in [0.15, 0.2) is 0 Å². The number of morpholine rings is 1. The summed E-state index contributed by atoms with van der Waals surface area (Å²) in [5, 5.41) is 10.2. The number of fused-ring (bicyclic) bond motifs is 1. The molecule has 0 aliphatic carbocycles. The third kappa shape index (κ3) is 4.02. The van der Waals surface area contributed by atoms with E-state index >= 15 is 0 Å². The Hall–Kier alpha value is -4.42. The van der Waals surface area contributed by atoms with Crippen LogP contribution in [0.15, 0.2) is 55.2 Å². The number of hydrogen-bond acceptors (Lipinski definition) is 8. The number of carbonyl (C=O) groups excluding carboxylic acids is 1. The summed E-state index contributed by atoms with van der Waals surface area (Å²) in [4.78, 5) is 32.2. The van der Waals surface area contributed by atoms with Crippen LogP contribution in [0.4, 0.5) is 0 Å². The first kappa shape index (κ1) is 21.4. The van der Waals surface area contributed by atoms with E-state index in [0.717, 1.165) is 22.0 Å². The number of rotatable bonds is 4. The van der Waals surface area contributed by atoms with E-state index in [1.807, 2.05) is 24.3 Å². The van der Waals surface area contributed by atoms with E-state index in [0.29, 0.717) is 48.7 Å². The van der Waals surface area contributed by atoms with Crippen molar-refractivity contribution in [1.82, 2.24) is 24.8 Å². The summed E-state index contributed by atoms with van der Waals surface area (Å²) in [6, 6.07) is 11.4. The summed E-state index contributed by atoms with van der Waals surface area (Å²) in [5.41, 5.74) is 4.60. The fourth-order valence-electron chi connectivity index (χ4n) is 3.95. The van der Waals surface area contributed by atoms with Crippen molar-refractivity contribution in [2.45, 2.75) is 0 Å². The molecule has 1 amide bonds. The Labute approximate surface area is 195 Å². The third-order valence-corrected chi connectivity index (χ3v) is 5.69. The van der Waals surface area contributed by atoms with Gasteiger partial charge in [-0.05, 0) is 29.8 Å². The first-order valence-corrected chi connectivity index (χ1v) is 10.7. The van der Waals surface area contributed by atoms with Gasteiger partial charge in [-0.3, -0.25) is 9.78 Å². The number of methoxy groups -OCH3 is 1. The number of aromatic nitrogens is 4. The lowest BCUT2D eigenvalue weighted by molar-refractivity contribution is 0.0302. The summed E-state index contributed by atoms with van der Waals surface area (Å²) < 4.78 is 10.5. The molecule has 1 saturated heterocycles. The first-order valence-electron chi connectivity index (χ1n) is 10.7. The van der Waals surface area contributed by atoms with E-state index in [1.165, 1.54) is 13.4 Å². The predicted octanol–water partition coefficient (Wildman–Crippen LogP) is 3.11. The van der Waals surface area contributed by atoms with Gasteiger partial charge in [0.1, 0.15) is 18.0 Å². The molecule has 0 bridgehead atoms. The Morgan fingerprint density at radius 2 is 1.88 bits per heavy atom. The van der Waals surface area contributed by atoms with E-state index in [-0.39, 0.29) is 11.8 Å². The van der Waals surface area contributed by atoms with Crippen molar-refractivity contribution in [1.29, 1.82) is 5.26 Å². The molecule has 9 heteroatoms. The summed E-state index contributed by atoms with van der Waals surface area (Å²) in [7, 11) is 1.48. The van der Waals surface area contributed by atoms with Crippen LogP contribution < -0.4 is 4.74 Å². The average molecular weight is 452 g/mol. The molecule has 0 radical (unpaired) electrons. The number of ether oxygens (including phenoxy) is 2.